The Labute approximate surface area is 150 Å². The van der Waals surface area contributed by atoms with Gasteiger partial charge >= 0.3 is 5.63 Å². The molecule has 134 valence electrons. The molecule has 0 bridgehead atoms. The summed E-state index contributed by atoms with van der Waals surface area (Å²) in [5.74, 6) is 0.282. The zero-order valence-electron chi connectivity index (χ0n) is 14.9. The molecule has 3 rings (SSSR count). The Morgan fingerprint density at radius 3 is 2.69 bits per heavy atom. The average Bonchev–Trinajstić information content (AvgIpc) is 2.63. The van der Waals surface area contributed by atoms with Crippen LogP contribution in [0.5, 0.6) is 5.75 Å². The topological polar surface area (TPSA) is 81.4 Å². The predicted octanol–water partition coefficient (Wildman–Crippen LogP) is 2.89. The Morgan fingerprint density at radius 1 is 1.23 bits per heavy atom. The van der Waals surface area contributed by atoms with E-state index in [2.05, 4.69) is 10.3 Å². The molecule has 3 aromatic rings. The van der Waals surface area contributed by atoms with E-state index in [1.807, 2.05) is 32.0 Å². The number of hydrogen-bond acceptors (Lipinski definition) is 5. The van der Waals surface area contributed by atoms with E-state index in [0.717, 1.165) is 16.5 Å². The van der Waals surface area contributed by atoms with E-state index in [9.17, 15) is 9.59 Å². The largest absolute Gasteiger partial charge is 0.480 e. The second kappa shape index (κ2) is 7.39. The Hall–Kier alpha value is -3.15. The molecule has 0 saturated carbocycles. The highest BCUT2D eigenvalue weighted by Crippen LogP contribution is 2.28. The summed E-state index contributed by atoms with van der Waals surface area (Å²) in [5.41, 5.74) is 2.57. The molecule has 0 aliphatic heterocycles. The van der Waals surface area contributed by atoms with Gasteiger partial charge < -0.3 is 14.5 Å². The molecule has 2 heterocycles. The number of aryl methyl sites for hydroxylation is 2. The summed E-state index contributed by atoms with van der Waals surface area (Å²) in [6.45, 7) is 5.74. The van der Waals surface area contributed by atoms with Crippen LogP contribution < -0.4 is 15.7 Å². The van der Waals surface area contributed by atoms with Gasteiger partial charge in [-0.15, -0.1) is 0 Å². The maximum Gasteiger partial charge on any atom is 0.336 e. The Balaban J connectivity index is 1.74. The van der Waals surface area contributed by atoms with Gasteiger partial charge in [0.05, 0.1) is 0 Å². The van der Waals surface area contributed by atoms with Crippen LogP contribution in [-0.4, -0.2) is 17.0 Å². The minimum atomic E-state index is -0.690. The van der Waals surface area contributed by atoms with Gasteiger partial charge in [0.25, 0.3) is 5.91 Å². The number of ether oxygens (including phenoxy) is 1. The summed E-state index contributed by atoms with van der Waals surface area (Å²) >= 11 is 0. The van der Waals surface area contributed by atoms with Gasteiger partial charge in [-0.3, -0.25) is 9.78 Å². The minimum absolute atomic E-state index is 0.230. The van der Waals surface area contributed by atoms with Crippen LogP contribution in [0.25, 0.3) is 11.0 Å². The molecule has 6 heteroatoms. The molecule has 1 aromatic carbocycles. The maximum atomic E-state index is 12.3. The number of aromatic nitrogens is 1. The van der Waals surface area contributed by atoms with Crippen LogP contribution >= 0.6 is 0 Å². The van der Waals surface area contributed by atoms with Crippen molar-refractivity contribution in [3.05, 3.63) is 69.8 Å². The molecule has 1 N–H and O–H groups in total. The zero-order chi connectivity index (χ0) is 18.7. The first-order chi connectivity index (χ1) is 12.5. The molecular formula is C20H20N2O4. The lowest BCUT2D eigenvalue weighted by atomic mass is 10.1. The monoisotopic (exact) mass is 352 g/mol. The number of nitrogens with zero attached hydrogens (tertiary/aromatic N) is 1. The van der Waals surface area contributed by atoms with E-state index < -0.39 is 11.7 Å². The van der Waals surface area contributed by atoms with Gasteiger partial charge in [-0.1, -0.05) is 0 Å². The van der Waals surface area contributed by atoms with Crippen molar-refractivity contribution in [2.45, 2.75) is 33.4 Å². The van der Waals surface area contributed by atoms with Gasteiger partial charge in [-0.2, -0.15) is 0 Å². The third-order valence-electron chi connectivity index (χ3n) is 4.21. The molecule has 0 aliphatic carbocycles. The smallest absolute Gasteiger partial charge is 0.336 e. The third-order valence-corrected chi connectivity index (χ3v) is 4.21. The standard InChI is InChI=1S/C20H20N2O4/c1-12-10-18(23)26-19-13(2)17(5-4-16(12)19)25-14(3)20(24)22-11-15-6-8-21-9-7-15/h4-10,14H,11H2,1-3H3,(H,22,24)/t14-/m0/s1. The maximum absolute atomic E-state index is 12.3. The normalized spacial score (nSPS) is 12.0. The van der Waals surface area contributed by atoms with Gasteiger partial charge in [0, 0.05) is 36.0 Å². The highest BCUT2D eigenvalue weighted by Gasteiger charge is 2.17. The fourth-order valence-corrected chi connectivity index (χ4v) is 2.71. The summed E-state index contributed by atoms with van der Waals surface area (Å²) in [6, 6.07) is 8.75. The SMILES string of the molecule is Cc1cc(=O)oc2c(C)c(O[C@@H](C)C(=O)NCc3ccncc3)ccc12. The van der Waals surface area contributed by atoms with Crippen LogP contribution in [0.2, 0.25) is 0 Å². The number of hydrogen-bond donors (Lipinski definition) is 1. The molecule has 1 atom stereocenters. The summed E-state index contributed by atoms with van der Waals surface area (Å²) in [4.78, 5) is 27.9. The first-order valence-corrected chi connectivity index (χ1v) is 8.33. The fourth-order valence-electron chi connectivity index (χ4n) is 2.71. The van der Waals surface area contributed by atoms with Gasteiger partial charge in [0.1, 0.15) is 11.3 Å². The van der Waals surface area contributed by atoms with E-state index in [0.29, 0.717) is 23.4 Å². The van der Waals surface area contributed by atoms with Gasteiger partial charge in [0.2, 0.25) is 0 Å². The molecule has 2 aromatic heterocycles. The van der Waals surface area contributed by atoms with E-state index in [1.54, 1.807) is 25.4 Å². The van der Waals surface area contributed by atoms with Crippen molar-refractivity contribution < 1.29 is 13.9 Å². The number of nitrogens with one attached hydrogen (secondary N) is 1. The van der Waals surface area contributed by atoms with Crippen molar-refractivity contribution in [1.29, 1.82) is 0 Å². The first kappa shape index (κ1) is 17.7. The van der Waals surface area contributed by atoms with Crippen LogP contribution in [0.1, 0.15) is 23.6 Å². The molecule has 0 aliphatic rings. The van der Waals surface area contributed by atoms with Gasteiger partial charge in [-0.25, -0.2) is 4.79 Å². The average molecular weight is 352 g/mol. The predicted molar refractivity (Wildman–Crippen MR) is 98.1 cm³/mol. The van der Waals surface area contributed by atoms with E-state index in [1.165, 1.54) is 6.07 Å². The highest BCUT2D eigenvalue weighted by molar-refractivity contribution is 5.85. The van der Waals surface area contributed by atoms with E-state index >= 15 is 0 Å². The lowest BCUT2D eigenvalue weighted by Crippen LogP contribution is -2.36. The first-order valence-electron chi connectivity index (χ1n) is 8.33. The van der Waals surface area contributed by atoms with Crippen molar-refractivity contribution in [2.75, 3.05) is 0 Å². The molecule has 0 fully saturated rings. The third kappa shape index (κ3) is 3.74. The quantitative estimate of drug-likeness (QED) is 0.714. The van der Waals surface area contributed by atoms with E-state index in [-0.39, 0.29) is 5.91 Å². The van der Waals surface area contributed by atoms with Crippen molar-refractivity contribution in [3.63, 3.8) is 0 Å². The Morgan fingerprint density at radius 2 is 1.96 bits per heavy atom. The number of fused-ring (bicyclic) bond motifs is 1. The van der Waals surface area contributed by atoms with Crippen LogP contribution in [0.15, 0.2) is 51.9 Å². The highest BCUT2D eigenvalue weighted by atomic mass is 16.5. The molecule has 0 unspecified atom stereocenters. The summed E-state index contributed by atoms with van der Waals surface area (Å²) in [7, 11) is 0. The van der Waals surface area contributed by atoms with Crippen molar-refractivity contribution in [2.24, 2.45) is 0 Å². The molecule has 1 amide bonds. The van der Waals surface area contributed by atoms with Crippen molar-refractivity contribution >= 4 is 16.9 Å². The number of pyridine rings is 1. The Kier molecular flexibility index (Phi) is 5.02. The van der Waals surface area contributed by atoms with Crippen molar-refractivity contribution in [3.8, 4) is 5.75 Å². The zero-order valence-corrected chi connectivity index (χ0v) is 14.9. The van der Waals surface area contributed by atoms with Crippen LogP contribution in [0.3, 0.4) is 0 Å². The minimum Gasteiger partial charge on any atom is -0.480 e. The fraction of sp³-hybridized carbons (Fsp3) is 0.250. The molecule has 0 radical (unpaired) electrons. The molecule has 0 spiro atoms. The second-order valence-electron chi connectivity index (χ2n) is 6.15. The molecule has 0 saturated heterocycles. The molecule has 6 nitrogen and oxygen atoms in total. The molecule has 26 heavy (non-hydrogen) atoms. The van der Waals surface area contributed by atoms with Crippen LogP contribution in [0, 0.1) is 13.8 Å². The summed E-state index contributed by atoms with van der Waals surface area (Å²) in [6.07, 6.45) is 2.66. The van der Waals surface area contributed by atoms with Crippen LogP contribution in [-0.2, 0) is 11.3 Å². The summed E-state index contributed by atoms with van der Waals surface area (Å²) in [5, 5.41) is 3.68. The second-order valence-corrected chi connectivity index (χ2v) is 6.15. The van der Waals surface area contributed by atoms with Crippen LogP contribution in [0.4, 0.5) is 0 Å². The lowest BCUT2D eigenvalue weighted by molar-refractivity contribution is -0.127. The Bertz CT molecular complexity index is 996. The number of benzene rings is 1. The lowest BCUT2D eigenvalue weighted by Gasteiger charge is -2.17. The van der Waals surface area contributed by atoms with Gasteiger partial charge in [0.15, 0.2) is 6.10 Å². The number of carbonyl (C=O) groups excluding carboxylic acids is 1. The number of rotatable bonds is 5. The van der Waals surface area contributed by atoms with E-state index in [4.69, 9.17) is 9.15 Å². The van der Waals surface area contributed by atoms with Crippen molar-refractivity contribution in [1.82, 2.24) is 10.3 Å². The number of carbonyl (C=O) groups is 1. The molecular weight excluding hydrogens is 332 g/mol. The summed E-state index contributed by atoms with van der Waals surface area (Å²) < 4.78 is 11.1. The van der Waals surface area contributed by atoms with Gasteiger partial charge in [-0.05, 0) is 56.2 Å². The number of amides is 1.